The van der Waals surface area contributed by atoms with Crippen LogP contribution in [0.25, 0.3) is 10.9 Å². The zero-order valence-corrected chi connectivity index (χ0v) is 12.3. The fourth-order valence-corrected chi connectivity index (χ4v) is 3.82. The molecular weight excluding hydrogens is 260 g/mol. The molecule has 2 N–H and O–H groups in total. The first-order valence-corrected chi connectivity index (χ1v) is 7.95. The van der Waals surface area contributed by atoms with Gasteiger partial charge in [-0.3, -0.25) is 9.88 Å². The molecule has 0 radical (unpaired) electrons. The Hall–Kier alpha value is -1.81. The van der Waals surface area contributed by atoms with Gasteiger partial charge in [-0.15, -0.1) is 0 Å². The van der Waals surface area contributed by atoms with Gasteiger partial charge < -0.3 is 10.6 Å². The summed E-state index contributed by atoms with van der Waals surface area (Å²) < 4.78 is 0. The van der Waals surface area contributed by atoms with Gasteiger partial charge in [0.2, 0.25) is 0 Å². The van der Waals surface area contributed by atoms with E-state index in [9.17, 15) is 0 Å². The van der Waals surface area contributed by atoms with Gasteiger partial charge in [-0.25, -0.2) is 0 Å². The zero-order valence-electron chi connectivity index (χ0n) is 12.3. The number of hydrogen-bond acceptors (Lipinski definition) is 4. The van der Waals surface area contributed by atoms with Crippen molar-refractivity contribution < 1.29 is 0 Å². The van der Waals surface area contributed by atoms with Crippen molar-refractivity contribution in [3.8, 4) is 0 Å². The Labute approximate surface area is 125 Å². The molecule has 1 unspecified atom stereocenters. The molecule has 1 aromatic heterocycles. The monoisotopic (exact) mass is 282 g/mol. The molecule has 1 atom stereocenters. The number of likely N-dealkylation sites (tertiary alicyclic amines) is 1. The fourth-order valence-electron chi connectivity index (χ4n) is 3.82. The van der Waals surface area contributed by atoms with Gasteiger partial charge in [0.25, 0.3) is 0 Å². The largest absolute Gasteiger partial charge is 0.397 e. The number of hydrogen-bond donors (Lipinski definition) is 1. The molecule has 4 rings (SSSR count). The van der Waals surface area contributed by atoms with Crippen molar-refractivity contribution in [3.05, 3.63) is 30.5 Å². The summed E-state index contributed by atoms with van der Waals surface area (Å²) in [5.41, 5.74) is 9.05. The van der Waals surface area contributed by atoms with Crippen LogP contribution < -0.4 is 10.6 Å². The van der Waals surface area contributed by atoms with E-state index < -0.39 is 0 Å². The molecule has 2 fully saturated rings. The van der Waals surface area contributed by atoms with Crippen molar-refractivity contribution in [1.82, 2.24) is 9.88 Å². The minimum atomic E-state index is 0.719. The Balaban J connectivity index is 1.64. The highest BCUT2D eigenvalue weighted by Gasteiger charge is 2.30. The minimum Gasteiger partial charge on any atom is -0.397 e. The molecule has 110 valence electrons. The Morgan fingerprint density at radius 3 is 2.81 bits per heavy atom. The maximum Gasteiger partial charge on any atom is 0.0951 e. The quantitative estimate of drug-likeness (QED) is 0.860. The molecule has 3 heterocycles. The number of pyridine rings is 1. The van der Waals surface area contributed by atoms with E-state index in [4.69, 9.17) is 5.73 Å². The molecule has 21 heavy (non-hydrogen) atoms. The van der Waals surface area contributed by atoms with Crippen molar-refractivity contribution in [1.29, 1.82) is 0 Å². The molecule has 2 aliphatic heterocycles. The highest BCUT2D eigenvalue weighted by atomic mass is 15.3. The lowest BCUT2D eigenvalue weighted by atomic mass is 10.1. The van der Waals surface area contributed by atoms with Crippen molar-refractivity contribution in [2.45, 2.75) is 25.3 Å². The van der Waals surface area contributed by atoms with E-state index in [1.54, 1.807) is 0 Å². The molecule has 0 saturated carbocycles. The molecule has 0 aliphatic carbocycles. The molecule has 0 amide bonds. The molecule has 0 spiro atoms. The summed E-state index contributed by atoms with van der Waals surface area (Å²) in [5, 5.41) is 1.18. The van der Waals surface area contributed by atoms with Crippen molar-refractivity contribution in [2.75, 3.05) is 36.8 Å². The Morgan fingerprint density at radius 2 is 1.95 bits per heavy atom. The Morgan fingerprint density at radius 1 is 1.10 bits per heavy atom. The Bertz CT molecular complexity index is 648. The molecule has 4 heteroatoms. The molecule has 1 aromatic carbocycles. The summed E-state index contributed by atoms with van der Waals surface area (Å²) in [6, 6.07) is 9.01. The summed E-state index contributed by atoms with van der Waals surface area (Å²) in [5.74, 6) is 0. The van der Waals surface area contributed by atoms with Gasteiger partial charge in [0.05, 0.1) is 11.2 Å². The molecule has 2 aromatic rings. The van der Waals surface area contributed by atoms with Crippen LogP contribution in [0, 0.1) is 0 Å². The van der Waals surface area contributed by atoms with E-state index in [1.165, 1.54) is 43.4 Å². The second-order valence-corrected chi connectivity index (χ2v) is 6.21. The van der Waals surface area contributed by atoms with E-state index in [1.807, 2.05) is 18.3 Å². The van der Waals surface area contributed by atoms with Gasteiger partial charge in [0.15, 0.2) is 0 Å². The topological polar surface area (TPSA) is 45.4 Å². The van der Waals surface area contributed by atoms with E-state index >= 15 is 0 Å². The number of nitrogens with zero attached hydrogens (tertiary/aromatic N) is 3. The molecule has 4 nitrogen and oxygen atoms in total. The van der Waals surface area contributed by atoms with Gasteiger partial charge in [0.1, 0.15) is 0 Å². The standard InChI is InChI=1S/C17H22N4/c18-15-5-6-16(14-4-3-8-19-17(14)15)21-11-7-13(12-21)20-9-1-2-10-20/h3-6,8,13H,1-2,7,9-12,18H2. The average molecular weight is 282 g/mol. The van der Waals surface area contributed by atoms with Crippen LogP contribution >= 0.6 is 0 Å². The molecule has 2 aliphatic rings. The third-order valence-corrected chi connectivity index (χ3v) is 4.94. The van der Waals surface area contributed by atoms with Crippen LogP contribution in [0.1, 0.15) is 19.3 Å². The SMILES string of the molecule is Nc1ccc(N2CCC(N3CCCC3)C2)c2cccnc12. The number of fused-ring (bicyclic) bond motifs is 1. The van der Waals surface area contributed by atoms with Crippen LogP contribution in [-0.4, -0.2) is 42.1 Å². The van der Waals surface area contributed by atoms with Crippen molar-refractivity contribution in [3.63, 3.8) is 0 Å². The van der Waals surface area contributed by atoms with Crippen molar-refractivity contribution in [2.24, 2.45) is 0 Å². The predicted octanol–water partition coefficient (Wildman–Crippen LogP) is 2.49. The summed E-state index contributed by atoms with van der Waals surface area (Å²) >= 11 is 0. The first-order valence-electron chi connectivity index (χ1n) is 7.95. The lowest BCUT2D eigenvalue weighted by Gasteiger charge is -2.25. The molecule has 0 bridgehead atoms. The maximum absolute atomic E-state index is 6.06. The van der Waals surface area contributed by atoms with Gasteiger partial charge in [-0.1, -0.05) is 0 Å². The summed E-state index contributed by atoms with van der Waals surface area (Å²) in [4.78, 5) is 9.62. The number of benzene rings is 1. The van der Waals surface area contributed by atoms with Gasteiger partial charge in [-0.05, 0) is 56.6 Å². The highest BCUT2D eigenvalue weighted by molar-refractivity contribution is 5.98. The second kappa shape index (κ2) is 5.19. The van der Waals surface area contributed by atoms with Crippen LogP contribution in [0.2, 0.25) is 0 Å². The predicted molar refractivity (Wildman–Crippen MR) is 87.6 cm³/mol. The normalized spacial score (nSPS) is 23.2. The summed E-state index contributed by atoms with van der Waals surface area (Å²) in [6.45, 7) is 4.83. The van der Waals surface area contributed by atoms with Gasteiger partial charge in [0, 0.05) is 36.4 Å². The highest BCUT2D eigenvalue weighted by Crippen LogP contribution is 2.32. The number of aromatic nitrogens is 1. The smallest absolute Gasteiger partial charge is 0.0951 e. The maximum atomic E-state index is 6.06. The van der Waals surface area contributed by atoms with Crippen molar-refractivity contribution >= 4 is 22.3 Å². The van der Waals surface area contributed by atoms with Gasteiger partial charge in [-0.2, -0.15) is 0 Å². The number of anilines is 2. The van der Waals surface area contributed by atoms with Crippen LogP contribution in [0.15, 0.2) is 30.5 Å². The number of rotatable bonds is 2. The third kappa shape index (κ3) is 2.23. The minimum absolute atomic E-state index is 0.719. The summed E-state index contributed by atoms with van der Waals surface area (Å²) in [7, 11) is 0. The number of nitrogen functional groups attached to an aromatic ring is 1. The molecular formula is C17H22N4. The summed E-state index contributed by atoms with van der Waals surface area (Å²) in [6.07, 6.45) is 5.82. The van der Waals surface area contributed by atoms with Crippen LogP contribution in [0.5, 0.6) is 0 Å². The average Bonchev–Trinajstić information content (AvgIpc) is 3.19. The van der Waals surface area contributed by atoms with Crippen LogP contribution in [0.3, 0.4) is 0 Å². The molecule has 2 saturated heterocycles. The number of nitrogens with two attached hydrogens (primary N) is 1. The van der Waals surface area contributed by atoms with Gasteiger partial charge >= 0.3 is 0 Å². The Kier molecular flexibility index (Phi) is 3.19. The van der Waals surface area contributed by atoms with Crippen LogP contribution in [-0.2, 0) is 0 Å². The lowest BCUT2D eigenvalue weighted by molar-refractivity contribution is 0.260. The van der Waals surface area contributed by atoms with E-state index in [0.717, 1.165) is 30.3 Å². The van der Waals surface area contributed by atoms with Crippen LogP contribution in [0.4, 0.5) is 11.4 Å². The first kappa shape index (κ1) is 12.9. The zero-order chi connectivity index (χ0) is 14.2. The lowest BCUT2D eigenvalue weighted by Crippen LogP contribution is -2.35. The van der Waals surface area contributed by atoms with E-state index in [0.29, 0.717) is 0 Å². The van der Waals surface area contributed by atoms with E-state index in [-0.39, 0.29) is 0 Å². The third-order valence-electron chi connectivity index (χ3n) is 4.94. The first-order chi connectivity index (χ1) is 10.3. The fraction of sp³-hybridized carbons (Fsp3) is 0.471. The van der Waals surface area contributed by atoms with E-state index in [2.05, 4.69) is 26.9 Å². The second-order valence-electron chi connectivity index (χ2n) is 6.21.